The zero-order valence-electron chi connectivity index (χ0n) is 9.58. The van der Waals surface area contributed by atoms with Gasteiger partial charge in [-0.25, -0.2) is 4.98 Å². The van der Waals surface area contributed by atoms with E-state index in [0.29, 0.717) is 0 Å². The third-order valence-electron chi connectivity index (χ3n) is 3.81. The van der Waals surface area contributed by atoms with Crippen LogP contribution in [-0.4, -0.2) is 9.97 Å². The Morgan fingerprint density at radius 2 is 2.44 bits per heavy atom. The van der Waals surface area contributed by atoms with Gasteiger partial charge in [0.1, 0.15) is 0 Å². The minimum absolute atomic E-state index is 0. The molecule has 2 aliphatic carbocycles. The molecule has 0 amide bonds. The Balaban J connectivity index is 0.00000108. The fraction of sp³-hybridized carbons (Fsp3) is 0.500. The van der Waals surface area contributed by atoms with Crippen molar-refractivity contribution in [1.82, 2.24) is 9.97 Å². The van der Waals surface area contributed by atoms with Crippen LogP contribution in [0.3, 0.4) is 0 Å². The van der Waals surface area contributed by atoms with E-state index in [4.69, 9.17) is 0 Å². The molecule has 0 spiro atoms. The monoisotopic (exact) mass is 216 g/mol. The molecule has 16 heavy (non-hydrogen) atoms. The van der Waals surface area contributed by atoms with Crippen molar-refractivity contribution < 1.29 is 1.43 Å². The van der Waals surface area contributed by atoms with Gasteiger partial charge in [-0.3, -0.25) is 0 Å². The van der Waals surface area contributed by atoms with Gasteiger partial charge in [0, 0.05) is 13.3 Å². The van der Waals surface area contributed by atoms with Crippen molar-refractivity contribution in [2.75, 3.05) is 0 Å². The molecule has 0 aliphatic heterocycles. The predicted molar refractivity (Wildman–Crippen MR) is 67.1 cm³/mol. The van der Waals surface area contributed by atoms with Gasteiger partial charge in [0.05, 0.1) is 6.33 Å². The van der Waals surface area contributed by atoms with Gasteiger partial charge in [-0.2, -0.15) is 0 Å². The van der Waals surface area contributed by atoms with Crippen molar-refractivity contribution in [3.8, 4) is 0 Å². The van der Waals surface area contributed by atoms with Gasteiger partial charge < -0.3 is 4.98 Å². The molecular weight excluding hydrogens is 196 g/mol. The van der Waals surface area contributed by atoms with Gasteiger partial charge >= 0.3 is 0 Å². The minimum atomic E-state index is 0. The van der Waals surface area contributed by atoms with E-state index in [0.717, 1.165) is 12.3 Å². The first kappa shape index (κ1) is 9.88. The maximum Gasteiger partial charge on any atom is 0.0921 e. The summed E-state index contributed by atoms with van der Waals surface area (Å²) in [5.41, 5.74) is 4.63. The Hall–Kier alpha value is -1.31. The molecule has 2 aliphatic rings. The summed E-state index contributed by atoms with van der Waals surface area (Å²) in [6, 6.07) is 0. The number of aromatic amines is 1. The van der Waals surface area contributed by atoms with E-state index in [2.05, 4.69) is 22.1 Å². The van der Waals surface area contributed by atoms with Crippen molar-refractivity contribution in [3.05, 3.63) is 41.5 Å². The van der Waals surface area contributed by atoms with Gasteiger partial charge in [0.2, 0.25) is 0 Å². The van der Waals surface area contributed by atoms with E-state index < -0.39 is 0 Å². The summed E-state index contributed by atoms with van der Waals surface area (Å²) in [7, 11) is 0. The first-order chi connectivity index (χ1) is 7.93. The largest absolute Gasteiger partial charge is 0.348 e. The Bertz CT molecular complexity index is 417. The average molecular weight is 216 g/mol. The molecule has 1 aromatic rings. The molecular formula is C14H20N2. The average Bonchev–Trinajstić information content (AvgIpc) is 2.82. The lowest BCUT2D eigenvalue weighted by molar-refractivity contribution is 0.489. The second-order valence-corrected chi connectivity index (χ2v) is 4.87. The van der Waals surface area contributed by atoms with Crippen LogP contribution in [0.2, 0.25) is 0 Å². The summed E-state index contributed by atoms with van der Waals surface area (Å²) >= 11 is 0. The van der Waals surface area contributed by atoms with Crippen LogP contribution in [0.5, 0.6) is 0 Å². The first-order valence-electron chi connectivity index (χ1n) is 6.29. The highest BCUT2D eigenvalue weighted by Gasteiger charge is 2.22. The number of hydrogen-bond donors (Lipinski definition) is 1. The van der Waals surface area contributed by atoms with E-state index >= 15 is 0 Å². The molecule has 0 bridgehead atoms. The van der Waals surface area contributed by atoms with Gasteiger partial charge in [0.25, 0.3) is 0 Å². The molecule has 0 radical (unpaired) electrons. The topological polar surface area (TPSA) is 28.7 Å². The maximum atomic E-state index is 4.10. The van der Waals surface area contributed by atoms with Crippen molar-refractivity contribution in [1.29, 1.82) is 0 Å². The van der Waals surface area contributed by atoms with Crippen LogP contribution in [0.25, 0.3) is 0 Å². The number of rotatable bonds is 2. The summed E-state index contributed by atoms with van der Waals surface area (Å²) in [6.07, 6.45) is 16.2. The Kier molecular flexibility index (Phi) is 2.65. The molecule has 0 fully saturated rings. The summed E-state index contributed by atoms with van der Waals surface area (Å²) in [6.45, 7) is 0. The van der Waals surface area contributed by atoms with Crippen LogP contribution in [-0.2, 0) is 6.42 Å². The van der Waals surface area contributed by atoms with E-state index in [1.165, 1.54) is 37.8 Å². The lowest BCUT2D eigenvalue weighted by Crippen LogP contribution is -2.15. The predicted octanol–water partition coefficient (Wildman–Crippen LogP) is 3.64. The molecule has 1 heterocycles. The minimum Gasteiger partial charge on any atom is -0.348 e. The van der Waals surface area contributed by atoms with Gasteiger partial charge in [0.15, 0.2) is 0 Å². The summed E-state index contributed by atoms with van der Waals surface area (Å²) in [5.74, 6) is 0.723. The molecule has 1 unspecified atom stereocenters. The van der Waals surface area contributed by atoms with E-state index in [1.807, 2.05) is 6.20 Å². The van der Waals surface area contributed by atoms with Gasteiger partial charge in [-0.15, -0.1) is 0 Å². The van der Waals surface area contributed by atoms with E-state index in [1.54, 1.807) is 17.5 Å². The Labute approximate surface area is 98.0 Å². The molecule has 2 heteroatoms. The zero-order valence-corrected chi connectivity index (χ0v) is 9.58. The highest BCUT2D eigenvalue weighted by atomic mass is 14.9. The van der Waals surface area contributed by atoms with Crippen molar-refractivity contribution >= 4 is 0 Å². The standard InChI is InChI=1S/C14H18N2.H2/c1-2-7-14-11(4-1)5-3-6-12(14)8-13-9-15-10-16-13;/h2,7,9-10,12H,1,3-6,8H2,(H,15,16);1H. The fourth-order valence-electron chi connectivity index (χ4n) is 3.02. The smallest absolute Gasteiger partial charge is 0.0921 e. The van der Waals surface area contributed by atoms with E-state index in [-0.39, 0.29) is 1.43 Å². The molecule has 86 valence electrons. The van der Waals surface area contributed by atoms with Crippen molar-refractivity contribution in [2.24, 2.45) is 5.92 Å². The summed E-state index contributed by atoms with van der Waals surface area (Å²) in [5, 5.41) is 0. The van der Waals surface area contributed by atoms with Crippen molar-refractivity contribution in [2.45, 2.75) is 38.5 Å². The zero-order chi connectivity index (χ0) is 10.8. The SMILES string of the molecule is C1=CC2=C(CC1)CCCC2Cc1cnc[nH]1.[HH]. The number of hydrogen-bond acceptors (Lipinski definition) is 1. The molecule has 0 saturated heterocycles. The Morgan fingerprint density at radius 1 is 1.44 bits per heavy atom. The quantitative estimate of drug-likeness (QED) is 0.803. The molecule has 1 atom stereocenters. The highest BCUT2D eigenvalue weighted by Crippen LogP contribution is 2.37. The lowest BCUT2D eigenvalue weighted by Gasteiger charge is -2.28. The molecule has 3 rings (SSSR count). The molecule has 0 aromatic carbocycles. The summed E-state index contributed by atoms with van der Waals surface area (Å²) in [4.78, 5) is 7.32. The van der Waals surface area contributed by atoms with Crippen LogP contribution in [0.15, 0.2) is 35.8 Å². The third kappa shape index (κ3) is 1.84. The van der Waals surface area contributed by atoms with Gasteiger partial charge in [-0.1, -0.05) is 17.7 Å². The number of aromatic nitrogens is 2. The first-order valence-corrected chi connectivity index (χ1v) is 6.29. The summed E-state index contributed by atoms with van der Waals surface area (Å²) < 4.78 is 0. The molecule has 1 aromatic heterocycles. The second-order valence-electron chi connectivity index (χ2n) is 4.87. The van der Waals surface area contributed by atoms with E-state index in [9.17, 15) is 0 Å². The Morgan fingerprint density at radius 3 is 3.31 bits per heavy atom. The lowest BCUT2D eigenvalue weighted by atomic mass is 9.77. The number of nitrogens with zero attached hydrogens (tertiary/aromatic N) is 1. The van der Waals surface area contributed by atoms with Crippen LogP contribution >= 0.6 is 0 Å². The maximum absolute atomic E-state index is 4.10. The molecule has 2 nitrogen and oxygen atoms in total. The van der Waals surface area contributed by atoms with Crippen LogP contribution < -0.4 is 0 Å². The van der Waals surface area contributed by atoms with Crippen LogP contribution in [0.4, 0.5) is 0 Å². The molecule has 0 saturated carbocycles. The van der Waals surface area contributed by atoms with Crippen LogP contribution in [0.1, 0.15) is 39.2 Å². The van der Waals surface area contributed by atoms with Gasteiger partial charge in [-0.05, 0) is 50.0 Å². The number of imidazole rings is 1. The van der Waals surface area contributed by atoms with Crippen LogP contribution in [0, 0.1) is 5.92 Å². The van der Waals surface area contributed by atoms with Crippen molar-refractivity contribution in [3.63, 3.8) is 0 Å². The third-order valence-corrected chi connectivity index (χ3v) is 3.81. The number of allylic oxidation sites excluding steroid dienone is 4. The normalized spacial score (nSPS) is 24.6. The fourth-order valence-corrected chi connectivity index (χ4v) is 3.02. The second kappa shape index (κ2) is 4.28. The highest BCUT2D eigenvalue weighted by molar-refractivity contribution is 5.34. The number of nitrogens with one attached hydrogen (secondary N) is 1. The molecule has 1 N–H and O–H groups in total. The number of H-pyrrole nitrogens is 1.